The first-order valence-corrected chi connectivity index (χ1v) is 6.63. The first-order valence-electron chi connectivity index (χ1n) is 6.63. The summed E-state index contributed by atoms with van der Waals surface area (Å²) in [5.41, 5.74) is 7.52. The summed E-state index contributed by atoms with van der Waals surface area (Å²) in [6, 6.07) is 11.7. The van der Waals surface area contributed by atoms with E-state index in [1.54, 1.807) is 0 Å². The molecule has 0 radical (unpaired) electrons. The van der Waals surface area contributed by atoms with Gasteiger partial charge in [-0.2, -0.15) is 0 Å². The van der Waals surface area contributed by atoms with Crippen molar-refractivity contribution >= 4 is 0 Å². The van der Waals surface area contributed by atoms with Crippen molar-refractivity contribution in [3.05, 3.63) is 35.9 Å². The minimum atomic E-state index is 0.156. The summed E-state index contributed by atoms with van der Waals surface area (Å²) in [6.07, 6.45) is 2.76. The van der Waals surface area contributed by atoms with E-state index < -0.39 is 0 Å². The largest absolute Gasteiger partial charge is 0.326 e. The van der Waals surface area contributed by atoms with Gasteiger partial charge in [0.15, 0.2) is 0 Å². The van der Waals surface area contributed by atoms with Crippen LogP contribution in [0.5, 0.6) is 0 Å². The molecule has 1 aliphatic carbocycles. The molecule has 0 aromatic heterocycles. The molecule has 2 nitrogen and oxygen atoms in total. The molecule has 3 unspecified atom stereocenters. The van der Waals surface area contributed by atoms with E-state index in [0.29, 0.717) is 12.1 Å². The van der Waals surface area contributed by atoms with Crippen molar-refractivity contribution in [1.29, 1.82) is 0 Å². The molecule has 1 fully saturated rings. The molecule has 0 saturated heterocycles. The number of hydrogen-bond donors (Lipinski definition) is 1. The first-order chi connectivity index (χ1) is 8.11. The molecule has 0 bridgehead atoms. The highest BCUT2D eigenvalue weighted by Gasteiger charge is 2.34. The van der Waals surface area contributed by atoms with E-state index >= 15 is 0 Å². The van der Waals surface area contributed by atoms with Gasteiger partial charge in [0, 0.05) is 18.1 Å². The van der Waals surface area contributed by atoms with Crippen molar-refractivity contribution in [2.75, 3.05) is 7.05 Å². The lowest BCUT2D eigenvalue weighted by Gasteiger charge is -2.36. The molecule has 0 heterocycles. The van der Waals surface area contributed by atoms with Crippen molar-refractivity contribution in [2.24, 2.45) is 11.7 Å². The number of benzene rings is 1. The highest BCUT2D eigenvalue weighted by atomic mass is 15.2. The monoisotopic (exact) mass is 232 g/mol. The van der Waals surface area contributed by atoms with E-state index in [1.165, 1.54) is 18.4 Å². The maximum absolute atomic E-state index is 6.19. The minimum absolute atomic E-state index is 0.156. The van der Waals surface area contributed by atoms with Gasteiger partial charge >= 0.3 is 0 Å². The maximum Gasteiger partial charge on any atom is 0.0496 e. The quantitative estimate of drug-likeness (QED) is 0.846. The normalized spacial score (nSPS) is 21.2. The molecular weight excluding hydrogens is 208 g/mol. The van der Waals surface area contributed by atoms with E-state index in [1.807, 2.05) is 0 Å². The fourth-order valence-electron chi connectivity index (χ4n) is 2.72. The Morgan fingerprint density at radius 2 is 1.76 bits per heavy atom. The molecular formula is C15H24N2. The van der Waals surface area contributed by atoms with Crippen LogP contribution in [0.3, 0.4) is 0 Å². The van der Waals surface area contributed by atoms with Crippen LogP contribution >= 0.6 is 0 Å². The summed E-state index contributed by atoms with van der Waals surface area (Å²) in [5, 5.41) is 0. The Morgan fingerprint density at radius 3 is 2.24 bits per heavy atom. The Hall–Kier alpha value is -0.860. The summed E-state index contributed by atoms with van der Waals surface area (Å²) >= 11 is 0. The van der Waals surface area contributed by atoms with Gasteiger partial charge in [0.25, 0.3) is 0 Å². The highest BCUT2D eigenvalue weighted by molar-refractivity contribution is 5.20. The van der Waals surface area contributed by atoms with E-state index in [4.69, 9.17) is 5.73 Å². The van der Waals surface area contributed by atoms with Gasteiger partial charge in [0.2, 0.25) is 0 Å². The Kier molecular flexibility index (Phi) is 3.85. The Labute approximate surface area is 105 Å². The standard InChI is InChI=1S/C15H24N2/c1-11(16)15(14-7-5-4-6-8-14)17(3)12(2)13-9-10-13/h4-8,11-13,15H,9-10,16H2,1-3H3. The van der Waals surface area contributed by atoms with Crippen LogP contribution < -0.4 is 5.73 Å². The predicted molar refractivity (Wildman–Crippen MR) is 72.8 cm³/mol. The average Bonchev–Trinajstić information content (AvgIpc) is 3.13. The summed E-state index contributed by atoms with van der Waals surface area (Å²) in [5.74, 6) is 0.880. The van der Waals surface area contributed by atoms with Gasteiger partial charge < -0.3 is 5.73 Å². The smallest absolute Gasteiger partial charge is 0.0496 e. The Balaban J connectivity index is 2.16. The third-order valence-electron chi connectivity index (χ3n) is 4.02. The zero-order chi connectivity index (χ0) is 12.4. The van der Waals surface area contributed by atoms with Gasteiger partial charge in [-0.3, -0.25) is 4.90 Å². The van der Waals surface area contributed by atoms with Crippen LogP contribution in [0.4, 0.5) is 0 Å². The second kappa shape index (κ2) is 5.19. The zero-order valence-electron chi connectivity index (χ0n) is 11.1. The van der Waals surface area contributed by atoms with Crippen LogP contribution in [0.15, 0.2) is 30.3 Å². The second-order valence-corrected chi connectivity index (χ2v) is 5.46. The van der Waals surface area contributed by atoms with E-state index in [9.17, 15) is 0 Å². The number of likely N-dealkylation sites (N-methyl/N-ethyl adjacent to an activating group) is 1. The molecule has 0 aliphatic heterocycles. The Bertz CT molecular complexity index is 343. The number of hydrogen-bond acceptors (Lipinski definition) is 2. The molecule has 2 heteroatoms. The number of nitrogens with two attached hydrogens (primary N) is 1. The molecule has 1 aliphatic rings. The molecule has 1 aromatic carbocycles. The highest BCUT2D eigenvalue weighted by Crippen LogP contribution is 2.37. The van der Waals surface area contributed by atoms with Gasteiger partial charge in [-0.25, -0.2) is 0 Å². The molecule has 2 rings (SSSR count). The van der Waals surface area contributed by atoms with Gasteiger partial charge in [-0.15, -0.1) is 0 Å². The lowest BCUT2D eigenvalue weighted by molar-refractivity contribution is 0.149. The maximum atomic E-state index is 6.19. The topological polar surface area (TPSA) is 29.3 Å². The lowest BCUT2D eigenvalue weighted by atomic mass is 9.97. The van der Waals surface area contributed by atoms with Crippen LogP contribution in [0, 0.1) is 5.92 Å². The van der Waals surface area contributed by atoms with Crippen molar-refractivity contribution in [2.45, 2.75) is 44.8 Å². The minimum Gasteiger partial charge on any atom is -0.326 e. The number of rotatable bonds is 5. The van der Waals surface area contributed by atoms with Crippen molar-refractivity contribution in [3.63, 3.8) is 0 Å². The van der Waals surface area contributed by atoms with Gasteiger partial charge in [0.1, 0.15) is 0 Å². The molecule has 1 saturated carbocycles. The molecule has 17 heavy (non-hydrogen) atoms. The SMILES string of the molecule is CC(N)C(c1ccccc1)N(C)C(C)C1CC1. The van der Waals surface area contributed by atoms with E-state index in [-0.39, 0.29) is 6.04 Å². The summed E-state index contributed by atoms with van der Waals surface area (Å²) < 4.78 is 0. The molecule has 94 valence electrons. The van der Waals surface area contributed by atoms with Crippen molar-refractivity contribution in [1.82, 2.24) is 4.90 Å². The van der Waals surface area contributed by atoms with Crippen LogP contribution in [0.25, 0.3) is 0 Å². The van der Waals surface area contributed by atoms with Crippen LogP contribution in [0.2, 0.25) is 0 Å². The van der Waals surface area contributed by atoms with Crippen LogP contribution in [-0.2, 0) is 0 Å². The van der Waals surface area contributed by atoms with Gasteiger partial charge in [-0.05, 0) is 45.2 Å². The molecule has 0 amide bonds. The average molecular weight is 232 g/mol. The molecule has 2 N–H and O–H groups in total. The fraction of sp³-hybridized carbons (Fsp3) is 0.600. The third-order valence-corrected chi connectivity index (χ3v) is 4.02. The van der Waals surface area contributed by atoms with Gasteiger partial charge in [-0.1, -0.05) is 30.3 Å². The van der Waals surface area contributed by atoms with Crippen LogP contribution in [0.1, 0.15) is 38.3 Å². The van der Waals surface area contributed by atoms with E-state index in [0.717, 1.165) is 5.92 Å². The lowest BCUT2D eigenvalue weighted by Crippen LogP contribution is -2.42. The van der Waals surface area contributed by atoms with Crippen LogP contribution in [-0.4, -0.2) is 24.0 Å². The zero-order valence-corrected chi connectivity index (χ0v) is 11.1. The summed E-state index contributed by atoms with van der Waals surface area (Å²) in [4.78, 5) is 2.46. The summed E-state index contributed by atoms with van der Waals surface area (Å²) in [7, 11) is 2.21. The predicted octanol–water partition coefficient (Wildman–Crippen LogP) is 2.81. The fourth-order valence-corrected chi connectivity index (χ4v) is 2.72. The van der Waals surface area contributed by atoms with Crippen molar-refractivity contribution in [3.8, 4) is 0 Å². The number of nitrogens with zero attached hydrogens (tertiary/aromatic N) is 1. The van der Waals surface area contributed by atoms with Gasteiger partial charge in [0.05, 0.1) is 0 Å². The second-order valence-electron chi connectivity index (χ2n) is 5.46. The molecule has 0 spiro atoms. The Morgan fingerprint density at radius 1 is 1.18 bits per heavy atom. The first kappa shape index (κ1) is 12.6. The molecule has 1 aromatic rings. The summed E-state index contributed by atoms with van der Waals surface area (Å²) in [6.45, 7) is 4.43. The molecule has 3 atom stereocenters. The van der Waals surface area contributed by atoms with Crippen molar-refractivity contribution < 1.29 is 0 Å². The third kappa shape index (κ3) is 2.88. The van der Waals surface area contributed by atoms with E-state index in [2.05, 4.69) is 56.1 Å².